The van der Waals surface area contributed by atoms with Crippen LogP contribution in [0.4, 0.5) is 5.69 Å². The summed E-state index contributed by atoms with van der Waals surface area (Å²) in [5, 5.41) is 9.64. The fourth-order valence-electron chi connectivity index (χ4n) is 1.54. The number of phenols is 1. The third-order valence-corrected chi connectivity index (χ3v) is 4.19. The maximum atomic E-state index is 12.0. The number of benzene rings is 1. The number of aromatic hydroxyl groups is 1. The molecule has 1 rings (SSSR count). The summed E-state index contributed by atoms with van der Waals surface area (Å²) in [6.07, 6.45) is 0. The fourth-order valence-corrected chi connectivity index (χ4v) is 2.87. The van der Waals surface area contributed by atoms with E-state index < -0.39 is 10.2 Å². The molecule has 2 N–H and O–H groups in total. The monoisotopic (exact) mass is 258 g/mol. The molecule has 1 aromatic rings. The van der Waals surface area contributed by atoms with Crippen molar-refractivity contribution in [2.24, 2.45) is 0 Å². The van der Waals surface area contributed by atoms with Crippen LogP contribution in [0.15, 0.2) is 18.2 Å². The molecule has 5 nitrogen and oxygen atoms in total. The number of nitrogens with one attached hydrogen (secondary N) is 1. The number of para-hydroxylation sites is 1. The summed E-state index contributed by atoms with van der Waals surface area (Å²) in [6.45, 7) is 6.04. The molecule has 96 valence electrons. The largest absolute Gasteiger partial charge is 0.506 e. The molecule has 0 unspecified atom stereocenters. The number of nitrogens with zero attached hydrogens (tertiary/aromatic N) is 1. The summed E-state index contributed by atoms with van der Waals surface area (Å²) >= 11 is 0. The number of anilines is 1. The molecule has 0 aliphatic rings. The lowest BCUT2D eigenvalue weighted by Crippen LogP contribution is -2.35. The van der Waals surface area contributed by atoms with Gasteiger partial charge in [-0.2, -0.15) is 12.7 Å². The second-order valence-corrected chi connectivity index (χ2v) is 5.33. The van der Waals surface area contributed by atoms with E-state index in [1.54, 1.807) is 32.9 Å². The van der Waals surface area contributed by atoms with Gasteiger partial charge in [0.1, 0.15) is 5.75 Å². The Labute approximate surface area is 102 Å². The van der Waals surface area contributed by atoms with Gasteiger partial charge in [-0.25, -0.2) is 0 Å². The van der Waals surface area contributed by atoms with Gasteiger partial charge in [0.25, 0.3) is 0 Å². The Morgan fingerprint density at radius 1 is 1.29 bits per heavy atom. The van der Waals surface area contributed by atoms with Crippen LogP contribution in [0, 0.1) is 6.92 Å². The first kappa shape index (κ1) is 13.8. The van der Waals surface area contributed by atoms with E-state index in [4.69, 9.17) is 0 Å². The lowest BCUT2D eigenvalue weighted by Gasteiger charge is -2.20. The van der Waals surface area contributed by atoms with Crippen LogP contribution in [-0.4, -0.2) is 30.9 Å². The smallest absolute Gasteiger partial charge is 0.301 e. The second-order valence-electron chi connectivity index (χ2n) is 3.66. The molecular formula is C11H18N2O3S. The first-order valence-corrected chi connectivity index (χ1v) is 6.92. The number of hydrogen-bond donors (Lipinski definition) is 2. The minimum absolute atomic E-state index is 0.0688. The molecule has 17 heavy (non-hydrogen) atoms. The minimum Gasteiger partial charge on any atom is -0.506 e. The van der Waals surface area contributed by atoms with Crippen LogP contribution >= 0.6 is 0 Å². The standard InChI is InChI=1S/C11H18N2O3S/c1-4-13(5-2)17(15,16)12-11-9(3)7-6-8-10(11)14/h6-8,12,14H,4-5H2,1-3H3. The molecule has 0 saturated heterocycles. The summed E-state index contributed by atoms with van der Waals surface area (Å²) in [4.78, 5) is 0. The first-order valence-electron chi connectivity index (χ1n) is 5.48. The highest BCUT2D eigenvalue weighted by atomic mass is 32.2. The van der Waals surface area contributed by atoms with E-state index in [1.165, 1.54) is 10.4 Å². The molecule has 0 bridgehead atoms. The highest BCUT2D eigenvalue weighted by Gasteiger charge is 2.20. The van der Waals surface area contributed by atoms with Crippen LogP contribution in [0.25, 0.3) is 0 Å². The Hall–Kier alpha value is -1.27. The molecule has 0 aliphatic heterocycles. The third-order valence-electron chi connectivity index (χ3n) is 2.53. The van der Waals surface area contributed by atoms with Crippen molar-refractivity contribution in [2.45, 2.75) is 20.8 Å². The second kappa shape index (κ2) is 5.37. The predicted molar refractivity (Wildman–Crippen MR) is 68.3 cm³/mol. The Kier molecular flexibility index (Phi) is 4.36. The maximum Gasteiger partial charge on any atom is 0.301 e. The van der Waals surface area contributed by atoms with E-state index in [-0.39, 0.29) is 11.4 Å². The number of rotatable bonds is 5. The average Bonchev–Trinajstić information content (AvgIpc) is 2.25. The molecular weight excluding hydrogens is 240 g/mol. The number of hydrogen-bond acceptors (Lipinski definition) is 3. The Morgan fingerprint density at radius 2 is 1.88 bits per heavy atom. The molecule has 0 radical (unpaired) electrons. The van der Waals surface area contributed by atoms with E-state index >= 15 is 0 Å². The third kappa shape index (κ3) is 3.10. The van der Waals surface area contributed by atoms with Crippen molar-refractivity contribution in [1.82, 2.24) is 4.31 Å². The highest BCUT2D eigenvalue weighted by molar-refractivity contribution is 7.90. The molecule has 0 spiro atoms. The van der Waals surface area contributed by atoms with Gasteiger partial charge in [-0.15, -0.1) is 0 Å². The highest BCUT2D eigenvalue weighted by Crippen LogP contribution is 2.27. The van der Waals surface area contributed by atoms with Crippen LogP contribution in [0.2, 0.25) is 0 Å². The lowest BCUT2D eigenvalue weighted by molar-refractivity contribution is 0.448. The zero-order valence-electron chi connectivity index (χ0n) is 10.3. The van der Waals surface area contributed by atoms with Gasteiger partial charge in [0, 0.05) is 13.1 Å². The SMILES string of the molecule is CCN(CC)S(=O)(=O)Nc1c(C)cccc1O. The predicted octanol–water partition coefficient (Wildman–Crippen LogP) is 1.70. The van der Waals surface area contributed by atoms with E-state index in [1.807, 2.05) is 0 Å². The maximum absolute atomic E-state index is 12.0. The van der Waals surface area contributed by atoms with Crippen molar-refractivity contribution in [3.63, 3.8) is 0 Å². The molecule has 0 aromatic heterocycles. The molecule has 0 aliphatic carbocycles. The summed E-state index contributed by atoms with van der Waals surface area (Å²) in [5.41, 5.74) is 0.917. The Balaban J connectivity index is 3.06. The topological polar surface area (TPSA) is 69.6 Å². The van der Waals surface area contributed by atoms with Gasteiger partial charge < -0.3 is 5.11 Å². The molecule has 6 heteroatoms. The zero-order chi connectivity index (χ0) is 13.1. The van der Waals surface area contributed by atoms with Gasteiger partial charge in [0.05, 0.1) is 5.69 Å². The summed E-state index contributed by atoms with van der Waals surface area (Å²) in [6, 6.07) is 4.85. The molecule has 0 atom stereocenters. The normalized spacial score (nSPS) is 11.8. The van der Waals surface area contributed by atoms with Crippen molar-refractivity contribution in [1.29, 1.82) is 0 Å². The number of aryl methyl sites for hydroxylation is 1. The van der Waals surface area contributed by atoms with Crippen LogP contribution < -0.4 is 4.72 Å². The van der Waals surface area contributed by atoms with Crippen LogP contribution in [0.5, 0.6) is 5.75 Å². The molecule has 0 amide bonds. The van der Waals surface area contributed by atoms with Crippen molar-refractivity contribution < 1.29 is 13.5 Å². The molecule has 0 fully saturated rings. The van der Waals surface area contributed by atoms with Gasteiger partial charge in [0.15, 0.2) is 0 Å². The van der Waals surface area contributed by atoms with Gasteiger partial charge in [-0.1, -0.05) is 26.0 Å². The summed E-state index contributed by atoms with van der Waals surface area (Å²) in [7, 11) is -3.60. The molecule has 0 saturated carbocycles. The van der Waals surface area contributed by atoms with E-state index in [0.29, 0.717) is 18.7 Å². The van der Waals surface area contributed by atoms with Crippen molar-refractivity contribution in [3.05, 3.63) is 23.8 Å². The van der Waals surface area contributed by atoms with Gasteiger partial charge in [-0.05, 0) is 18.6 Å². The zero-order valence-corrected chi connectivity index (χ0v) is 11.1. The summed E-state index contributed by atoms with van der Waals surface area (Å²) < 4.78 is 27.6. The minimum atomic E-state index is -3.60. The Bertz CT molecular complexity index is 461. The van der Waals surface area contributed by atoms with Gasteiger partial charge in [0.2, 0.25) is 0 Å². The van der Waals surface area contributed by atoms with Crippen LogP contribution in [-0.2, 0) is 10.2 Å². The fraction of sp³-hybridized carbons (Fsp3) is 0.455. The van der Waals surface area contributed by atoms with Crippen LogP contribution in [0.3, 0.4) is 0 Å². The van der Waals surface area contributed by atoms with Crippen molar-refractivity contribution in [2.75, 3.05) is 17.8 Å². The van der Waals surface area contributed by atoms with Crippen molar-refractivity contribution in [3.8, 4) is 5.75 Å². The van der Waals surface area contributed by atoms with E-state index in [0.717, 1.165) is 0 Å². The first-order chi connectivity index (χ1) is 7.92. The lowest BCUT2D eigenvalue weighted by atomic mass is 10.2. The molecule has 1 aromatic carbocycles. The van der Waals surface area contributed by atoms with Gasteiger partial charge >= 0.3 is 10.2 Å². The van der Waals surface area contributed by atoms with E-state index in [9.17, 15) is 13.5 Å². The number of phenolic OH excluding ortho intramolecular Hbond substituents is 1. The quantitative estimate of drug-likeness (QED) is 0.790. The van der Waals surface area contributed by atoms with Gasteiger partial charge in [-0.3, -0.25) is 4.72 Å². The molecule has 0 heterocycles. The summed E-state index contributed by atoms with van der Waals surface area (Å²) in [5.74, 6) is -0.0688. The average molecular weight is 258 g/mol. The van der Waals surface area contributed by atoms with Crippen molar-refractivity contribution >= 4 is 15.9 Å². The van der Waals surface area contributed by atoms with E-state index in [2.05, 4.69) is 4.72 Å². The Morgan fingerprint density at radius 3 is 2.35 bits per heavy atom. The van der Waals surface area contributed by atoms with Crippen LogP contribution in [0.1, 0.15) is 19.4 Å².